The summed E-state index contributed by atoms with van der Waals surface area (Å²) in [5, 5.41) is 13.1. The Bertz CT molecular complexity index is 505. The standard InChI is InChI=1S/C18H28N2O3/c1-14(2)23-17-5-3-16(4-6-17)22-8-7-20-10-15-9-19-11-18(15,12-20)13-21/h3-6,14-15,19,21H,7-13H2,1-2H3. The number of nitrogens with zero attached hydrogens (tertiary/aromatic N) is 1. The molecule has 2 aliphatic rings. The fraction of sp³-hybridized carbons (Fsp3) is 0.667. The van der Waals surface area contributed by atoms with Crippen LogP contribution in [0.25, 0.3) is 0 Å². The van der Waals surface area contributed by atoms with Gasteiger partial charge >= 0.3 is 0 Å². The second kappa shape index (κ2) is 7.07. The molecule has 0 bridgehead atoms. The molecule has 0 saturated carbocycles. The van der Waals surface area contributed by atoms with Crippen molar-refractivity contribution < 1.29 is 14.6 Å². The third-order valence-electron chi connectivity index (χ3n) is 4.94. The van der Waals surface area contributed by atoms with E-state index in [1.165, 1.54) is 0 Å². The molecule has 2 aliphatic heterocycles. The summed E-state index contributed by atoms with van der Waals surface area (Å²) in [7, 11) is 0. The monoisotopic (exact) mass is 320 g/mol. The van der Waals surface area contributed by atoms with E-state index >= 15 is 0 Å². The zero-order valence-electron chi connectivity index (χ0n) is 14.1. The van der Waals surface area contributed by atoms with Crippen LogP contribution in [0.4, 0.5) is 0 Å². The molecule has 2 N–H and O–H groups in total. The maximum absolute atomic E-state index is 9.73. The summed E-state index contributed by atoms with van der Waals surface area (Å²) in [6.07, 6.45) is 0.185. The lowest BCUT2D eigenvalue weighted by Crippen LogP contribution is -2.36. The first-order valence-electron chi connectivity index (χ1n) is 8.55. The van der Waals surface area contributed by atoms with Gasteiger partial charge in [0.2, 0.25) is 0 Å². The van der Waals surface area contributed by atoms with E-state index in [2.05, 4.69) is 10.2 Å². The number of aliphatic hydroxyl groups is 1. The maximum atomic E-state index is 9.73. The van der Waals surface area contributed by atoms with Crippen molar-refractivity contribution in [2.24, 2.45) is 11.3 Å². The number of benzene rings is 1. The third-order valence-corrected chi connectivity index (χ3v) is 4.94. The van der Waals surface area contributed by atoms with Gasteiger partial charge in [-0.15, -0.1) is 0 Å². The van der Waals surface area contributed by atoms with Crippen LogP contribution < -0.4 is 14.8 Å². The lowest BCUT2D eigenvalue weighted by molar-refractivity contribution is 0.122. The average Bonchev–Trinajstić information content (AvgIpc) is 3.05. The topological polar surface area (TPSA) is 54.0 Å². The van der Waals surface area contributed by atoms with Crippen molar-refractivity contribution >= 4 is 0 Å². The summed E-state index contributed by atoms with van der Waals surface area (Å²) < 4.78 is 11.5. The van der Waals surface area contributed by atoms with Gasteiger partial charge < -0.3 is 19.9 Å². The molecule has 0 aliphatic carbocycles. The van der Waals surface area contributed by atoms with E-state index in [-0.39, 0.29) is 18.1 Å². The van der Waals surface area contributed by atoms with Gasteiger partial charge in [0.1, 0.15) is 18.1 Å². The molecule has 1 aromatic rings. The molecule has 128 valence electrons. The van der Waals surface area contributed by atoms with Crippen molar-refractivity contribution in [2.45, 2.75) is 20.0 Å². The molecular weight excluding hydrogens is 292 g/mol. The molecule has 23 heavy (non-hydrogen) atoms. The van der Waals surface area contributed by atoms with Gasteiger partial charge in [-0.25, -0.2) is 0 Å². The summed E-state index contributed by atoms with van der Waals surface area (Å²) in [6, 6.07) is 7.80. The van der Waals surface area contributed by atoms with Gasteiger partial charge in [-0.3, -0.25) is 4.90 Å². The first-order valence-corrected chi connectivity index (χ1v) is 8.55. The fourth-order valence-electron chi connectivity index (χ4n) is 3.71. The van der Waals surface area contributed by atoms with E-state index in [0.717, 1.165) is 44.2 Å². The van der Waals surface area contributed by atoms with E-state index in [4.69, 9.17) is 9.47 Å². The molecule has 2 unspecified atom stereocenters. The number of hydrogen-bond acceptors (Lipinski definition) is 5. The SMILES string of the molecule is CC(C)Oc1ccc(OCCN2CC3CNCC3(CO)C2)cc1. The lowest BCUT2D eigenvalue weighted by atomic mass is 9.82. The summed E-state index contributed by atoms with van der Waals surface area (Å²) in [5.74, 6) is 2.32. The molecule has 5 nitrogen and oxygen atoms in total. The summed E-state index contributed by atoms with van der Waals surface area (Å²) in [4.78, 5) is 2.41. The summed E-state index contributed by atoms with van der Waals surface area (Å²) in [5.41, 5.74) is 0.0653. The number of fused-ring (bicyclic) bond motifs is 1. The molecular formula is C18H28N2O3. The molecule has 2 fully saturated rings. The van der Waals surface area contributed by atoms with Crippen LogP contribution in [0.2, 0.25) is 0 Å². The Labute approximate surface area is 138 Å². The van der Waals surface area contributed by atoms with Crippen molar-refractivity contribution in [1.82, 2.24) is 10.2 Å². The molecule has 3 rings (SSSR count). The molecule has 0 spiro atoms. The molecule has 0 amide bonds. The second-order valence-electron chi connectivity index (χ2n) is 7.07. The van der Waals surface area contributed by atoms with Gasteiger partial charge in [-0.05, 0) is 50.6 Å². The Morgan fingerprint density at radius 1 is 1.30 bits per heavy atom. The summed E-state index contributed by atoms with van der Waals surface area (Å²) in [6.45, 7) is 9.87. The molecule has 2 atom stereocenters. The van der Waals surface area contributed by atoms with Crippen LogP contribution in [0.3, 0.4) is 0 Å². The van der Waals surface area contributed by atoms with Crippen molar-refractivity contribution in [2.75, 3.05) is 45.9 Å². The predicted octanol–water partition coefficient (Wildman–Crippen LogP) is 1.37. The molecule has 2 heterocycles. The van der Waals surface area contributed by atoms with E-state index in [1.807, 2.05) is 38.1 Å². The highest BCUT2D eigenvalue weighted by Gasteiger charge is 2.48. The third kappa shape index (κ3) is 3.79. The van der Waals surface area contributed by atoms with Crippen LogP contribution in [0, 0.1) is 11.3 Å². The minimum absolute atomic E-state index is 0.0653. The van der Waals surface area contributed by atoms with Gasteiger partial charge in [-0.1, -0.05) is 0 Å². The van der Waals surface area contributed by atoms with Gasteiger partial charge in [0.25, 0.3) is 0 Å². The van der Waals surface area contributed by atoms with Gasteiger partial charge in [0, 0.05) is 31.6 Å². The van der Waals surface area contributed by atoms with Crippen LogP contribution in [0.5, 0.6) is 11.5 Å². The predicted molar refractivity (Wildman–Crippen MR) is 90.0 cm³/mol. The zero-order chi connectivity index (χ0) is 16.3. The minimum atomic E-state index is 0.0653. The quantitative estimate of drug-likeness (QED) is 0.795. The Hall–Kier alpha value is -1.30. The zero-order valence-corrected chi connectivity index (χ0v) is 14.1. The smallest absolute Gasteiger partial charge is 0.119 e. The number of likely N-dealkylation sites (tertiary alicyclic amines) is 1. The largest absolute Gasteiger partial charge is 0.492 e. The van der Waals surface area contributed by atoms with Crippen molar-refractivity contribution in [3.63, 3.8) is 0 Å². The average molecular weight is 320 g/mol. The van der Waals surface area contributed by atoms with Crippen LogP contribution >= 0.6 is 0 Å². The normalized spacial score (nSPS) is 27.4. The molecule has 0 radical (unpaired) electrons. The van der Waals surface area contributed by atoms with E-state index < -0.39 is 0 Å². The summed E-state index contributed by atoms with van der Waals surface area (Å²) >= 11 is 0. The number of nitrogens with one attached hydrogen (secondary N) is 1. The van der Waals surface area contributed by atoms with E-state index in [1.54, 1.807) is 0 Å². The van der Waals surface area contributed by atoms with Crippen LogP contribution in [-0.2, 0) is 0 Å². The first kappa shape index (κ1) is 16.6. The molecule has 5 heteroatoms. The maximum Gasteiger partial charge on any atom is 0.119 e. The van der Waals surface area contributed by atoms with E-state index in [9.17, 15) is 5.11 Å². The Kier molecular flexibility index (Phi) is 5.09. The molecule has 1 aromatic carbocycles. The number of aliphatic hydroxyl groups excluding tert-OH is 1. The van der Waals surface area contributed by atoms with Crippen LogP contribution in [0.15, 0.2) is 24.3 Å². The fourth-order valence-corrected chi connectivity index (χ4v) is 3.71. The second-order valence-corrected chi connectivity index (χ2v) is 7.07. The Morgan fingerprint density at radius 3 is 2.70 bits per heavy atom. The van der Waals surface area contributed by atoms with Crippen LogP contribution in [-0.4, -0.2) is 62.0 Å². The highest BCUT2D eigenvalue weighted by atomic mass is 16.5. The first-order chi connectivity index (χ1) is 11.1. The highest BCUT2D eigenvalue weighted by Crippen LogP contribution is 2.38. The number of rotatable bonds is 7. The Balaban J connectivity index is 1.43. The van der Waals surface area contributed by atoms with Crippen LogP contribution in [0.1, 0.15) is 13.8 Å². The van der Waals surface area contributed by atoms with Gasteiger partial charge in [-0.2, -0.15) is 0 Å². The molecule has 0 aromatic heterocycles. The highest BCUT2D eigenvalue weighted by molar-refractivity contribution is 5.31. The molecule has 2 saturated heterocycles. The van der Waals surface area contributed by atoms with Crippen molar-refractivity contribution in [3.05, 3.63) is 24.3 Å². The Morgan fingerprint density at radius 2 is 2.04 bits per heavy atom. The lowest BCUT2D eigenvalue weighted by Gasteiger charge is -2.25. The number of ether oxygens (including phenoxy) is 2. The van der Waals surface area contributed by atoms with E-state index in [0.29, 0.717) is 12.5 Å². The van der Waals surface area contributed by atoms with Gasteiger partial charge in [0.15, 0.2) is 0 Å². The van der Waals surface area contributed by atoms with Gasteiger partial charge in [0.05, 0.1) is 12.7 Å². The minimum Gasteiger partial charge on any atom is -0.492 e. The van der Waals surface area contributed by atoms with Crippen molar-refractivity contribution in [3.8, 4) is 11.5 Å². The van der Waals surface area contributed by atoms with Crippen molar-refractivity contribution in [1.29, 1.82) is 0 Å². The number of hydrogen-bond donors (Lipinski definition) is 2.